The van der Waals surface area contributed by atoms with Gasteiger partial charge < -0.3 is 15.2 Å². The standard InChI is InChI=1S/C19H14BrFN2O5/c20-13-3-6-16(28-10-17(24)25)12(7-13)8-15-18(26)23(19(27)22-15)9-11-1-4-14(21)5-2-11/h1-8H,9-10H2,(H,22,27)(H,24,25)/b15-8+. The van der Waals surface area contributed by atoms with Gasteiger partial charge in [0.2, 0.25) is 0 Å². The first kappa shape index (κ1) is 19.6. The fraction of sp³-hybridized carbons (Fsp3) is 0.105. The number of imide groups is 1. The van der Waals surface area contributed by atoms with Crippen molar-refractivity contribution in [3.8, 4) is 5.75 Å². The molecular weight excluding hydrogens is 435 g/mol. The van der Waals surface area contributed by atoms with Gasteiger partial charge in [-0.25, -0.2) is 14.0 Å². The molecule has 3 rings (SSSR count). The lowest BCUT2D eigenvalue weighted by Crippen LogP contribution is -2.30. The lowest BCUT2D eigenvalue weighted by atomic mass is 10.1. The van der Waals surface area contributed by atoms with Crippen molar-refractivity contribution < 1.29 is 28.6 Å². The van der Waals surface area contributed by atoms with E-state index >= 15 is 0 Å². The summed E-state index contributed by atoms with van der Waals surface area (Å²) >= 11 is 3.30. The highest BCUT2D eigenvalue weighted by Crippen LogP contribution is 2.27. The van der Waals surface area contributed by atoms with Crippen LogP contribution in [0.4, 0.5) is 9.18 Å². The van der Waals surface area contributed by atoms with E-state index in [0.717, 1.165) is 4.90 Å². The molecule has 0 saturated carbocycles. The number of carboxylic acids is 1. The van der Waals surface area contributed by atoms with Gasteiger partial charge in [-0.15, -0.1) is 0 Å². The molecule has 1 saturated heterocycles. The summed E-state index contributed by atoms with van der Waals surface area (Å²) in [5.41, 5.74) is 1.03. The first-order valence-electron chi connectivity index (χ1n) is 8.06. The lowest BCUT2D eigenvalue weighted by molar-refractivity contribution is -0.139. The zero-order valence-corrected chi connectivity index (χ0v) is 15.9. The molecule has 0 radical (unpaired) electrons. The summed E-state index contributed by atoms with van der Waals surface area (Å²) in [6, 6.07) is 9.71. The Labute approximate surface area is 167 Å². The van der Waals surface area contributed by atoms with Gasteiger partial charge in [-0.2, -0.15) is 0 Å². The minimum Gasteiger partial charge on any atom is -0.481 e. The molecular formula is C19H14BrFN2O5. The zero-order valence-electron chi connectivity index (χ0n) is 14.3. The summed E-state index contributed by atoms with van der Waals surface area (Å²) in [4.78, 5) is 36.5. The van der Waals surface area contributed by atoms with E-state index in [1.54, 1.807) is 18.2 Å². The van der Waals surface area contributed by atoms with E-state index in [1.165, 1.54) is 30.3 Å². The van der Waals surface area contributed by atoms with Crippen LogP contribution in [0, 0.1) is 5.82 Å². The summed E-state index contributed by atoms with van der Waals surface area (Å²) in [7, 11) is 0. The van der Waals surface area contributed by atoms with Gasteiger partial charge in [-0.05, 0) is 42.0 Å². The van der Waals surface area contributed by atoms with Crippen molar-refractivity contribution in [2.75, 3.05) is 6.61 Å². The molecule has 9 heteroatoms. The van der Waals surface area contributed by atoms with Crippen LogP contribution in [0.25, 0.3) is 6.08 Å². The van der Waals surface area contributed by atoms with Gasteiger partial charge in [0.1, 0.15) is 17.3 Å². The molecule has 7 nitrogen and oxygen atoms in total. The second kappa shape index (κ2) is 8.22. The number of hydrogen-bond acceptors (Lipinski definition) is 4. The second-order valence-corrected chi connectivity index (χ2v) is 6.79. The van der Waals surface area contributed by atoms with Crippen LogP contribution >= 0.6 is 15.9 Å². The van der Waals surface area contributed by atoms with Crippen LogP contribution in [0.3, 0.4) is 0 Å². The minimum absolute atomic E-state index is 0.0108. The maximum Gasteiger partial charge on any atom is 0.341 e. The van der Waals surface area contributed by atoms with E-state index in [1.807, 2.05) is 0 Å². The third-order valence-corrected chi connectivity index (χ3v) is 4.33. The van der Waals surface area contributed by atoms with Crippen molar-refractivity contribution in [3.63, 3.8) is 0 Å². The fourth-order valence-corrected chi connectivity index (χ4v) is 2.92. The third kappa shape index (κ3) is 4.55. The monoisotopic (exact) mass is 448 g/mol. The molecule has 0 aliphatic carbocycles. The maximum absolute atomic E-state index is 13.0. The highest BCUT2D eigenvalue weighted by Gasteiger charge is 2.33. The van der Waals surface area contributed by atoms with Crippen molar-refractivity contribution in [2.24, 2.45) is 0 Å². The molecule has 28 heavy (non-hydrogen) atoms. The highest BCUT2D eigenvalue weighted by molar-refractivity contribution is 9.10. The third-order valence-electron chi connectivity index (χ3n) is 3.84. The van der Waals surface area contributed by atoms with Crippen LogP contribution in [0.15, 0.2) is 52.6 Å². The van der Waals surface area contributed by atoms with Gasteiger partial charge in [0, 0.05) is 10.0 Å². The molecule has 0 bridgehead atoms. The normalized spacial score (nSPS) is 15.1. The van der Waals surface area contributed by atoms with Crippen LogP contribution in [-0.2, 0) is 16.1 Å². The van der Waals surface area contributed by atoms with Crippen molar-refractivity contribution in [3.05, 3.63) is 69.6 Å². The largest absolute Gasteiger partial charge is 0.481 e. The van der Waals surface area contributed by atoms with Crippen molar-refractivity contribution >= 4 is 39.9 Å². The number of ether oxygens (including phenoxy) is 1. The van der Waals surface area contributed by atoms with Crippen LogP contribution in [-0.4, -0.2) is 34.5 Å². The van der Waals surface area contributed by atoms with Crippen molar-refractivity contribution in [2.45, 2.75) is 6.54 Å². The summed E-state index contributed by atoms with van der Waals surface area (Å²) < 4.78 is 18.9. The van der Waals surface area contributed by atoms with Gasteiger partial charge in [0.05, 0.1) is 6.54 Å². The minimum atomic E-state index is -1.14. The zero-order chi connectivity index (χ0) is 20.3. The number of carboxylic acid groups (broad SMARTS) is 1. The van der Waals surface area contributed by atoms with Gasteiger partial charge >= 0.3 is 12.0 Å². The van der Waals surface area contributed by atoms with Crippen LogP contribution < -0.4 is 10.1 Å². The Morgan fingerprint density at radius 1 is 1.21 bits per heavy atom. The Bertz CT molecular complexity index is 975. The molecule has 2 N–H and O–H groups in total. The number of nitrogens with one attached hydrogen (secondary N) is 1. The summed E-state index contributed by atoms with van der Waals surface area (Å²) in [6.45, 7) is -0.558. The van der Waals surface area contributed by atoms with Gasteiger partial charge in [0.15, 0.2) is 6.61 Å². The van der Waals surface area contributed by atoms with E-state index in [9.17, 15) is 18.8 Å². The Morgan fingerprint density at radius 3 is 2.61 bits per heavy atom. The predicted molar refractivity (Wildman–Crippen MR) is 101 cm³/mol. The summed E-state index contributed by atoms with van der Waals surface area (Å²) in [5, 5.41) is 11.3. The van der Waals surface area contributed by atoms with E-state index in [0.29, 0.717) is 15.6 Å². The van der Waals surface area contributed by atoms with Gasteiger partial charge in [-0.3, -0.25) is 9.69 Å². The number of benzene rings is 2. The van der Waals surface area contributed by atoms with Crippen LogP contribution in [0.1, 0.15) is 11.1 Å². The van der Waals surface area contributed by atoms with E-state index < -0.39 is 30.3 Å². The number of rotatable bonds is 6. The fourth-order valence-electron chi connectivity index (χ4n) is 2.55. The molecule has 1 aliphatic heterocycles. The Kier molecular flexibility index (Phi) is 5.74. The van der Waals surface area contributed by atoms with Gasteiger partial charge in [-0.1, -0.05) is 28.1 Å². The Hall–Kier alpha value is -3.20. The Morgan fingerprint density at radius 2 is 1.93 bits per heavy atom. The summed E-state index contributed by atoms with van der Waals surface area (Å²) in [6.07, 6.45) is 1.41. The SMILES string of the molecule is O=C(O)COc1ccc(Br)cc1/C=C1/NC(=O)N(Cc2ccc(F)cc2)C1=O. The quantitative estimate of drug-likeness (QED) is 0.522. The molecule has 1 aliphatic rings. The average molecular weight is 449 g/mol. The van der Waals surface area contributed by atoms with Gasteiger partial charge in [0.25, 0.3) is 5.91 Å². The lowest BCUT2D eigenvalue weighted by Gasteiger charge is -2.11. The molecule has 0 unspecified atom stereocenters. The number of hydrogen-bond donors (Lipinski definition) is 2. The van der Waals surface area contributed by atoms with Crippen LogP contribution in [0.5, 0.6) is 5.75 Å². The van der Waals surface area contributed by atoms with E-state index in [-0.39, 0.29) is 18.0 Å². The number of amides is 3. The van der Waals surface area contributed by atoms with Crippen molar-refractivity contribution in [1.29, 1.82) is 0 Å². The van der Waals surface area contributed by atoms with Crippen molar-refractivity contribution in [1.82, 2.24) is 10.2 Å². The number of halogens is 2. The molecule has 0 spiro atoms. The smallest absolute Gasteiger partial charge is 0.341 e. The second-order valence-electron chi connectivity index (χ2n) is 5.87. The topological polar surface area (TPSA) is 95.9 Å². The molecule has 1 heterocycles. The molecule has 2 aromatic rings. The highest BCUT2D eigenvalue weighted by atomic mass is 79.9. The predicted octanol–water partition coefficient (Wildman–Crippen LogP) is 3.14. The molecule has 0 atom stereocenters. The number of carbonyl (C=O) groups excluding carboxylic acids is 2. The molecule has 2 aromatic carbocycles. The first-order valence-corrected chi connectivity index (χ1v) is 8.86. The molecule has 144 valence electrons. The number of carbonyl (C=O) groups is 3. The number of urea groups is 1. The average Bonchev–Trinajstić information content (AvgIpc) is 2.90. The molecule has 1 fully saturated rings. The molecule has 3 amide bonds. The van der Waals surface area contributed by atoms with E-state index in [2.05, 4.69) is 21.2 Å². The van der Waals surface area contributed by atoms with E-state index in [4.69, 9.17) is 9.84 Å². The summed E-state index contributed by atoms with van der Waals surface area (Å²) in [5.74, 6) is -1.86. The first-order chi connectivity index (χ1) is 13.3. The number of aliphatic carboxylic acids is 1. The maximum atomic E-state index is 13.0. The molecule has 0 aromatic heterocycles. The van der Waals surface area contributed by atoms with Crippen LogP contribution in [0.2, 0.25) is 0 Å². The Balaban J connectivity index is 1.84. The number of nitrogens with zero attached hydrogens (tertiary/aromatic N) is 1.